The van der Waals surface area contributed by atoms with Crippen LogP contribution in [-0.4, -0.2) is 65.6 Å². The summed E-state index contributed by atoms with van der Waals surface area (Å²) in [6.07, 6.45) is 2.30. The number of hydrogen-bond donors (Lipinski definition) is 1. The minimum Gasteiger partial charge on any atom is -0.481 e. The Morgan fingerprint density at radius 1 is 1.12 bits per heavy atom. The minimum absolute atomic E-state index is 0.0232. The van der Waals surface area contributed by atoms with Gasteiger partial charge in [-0.3, -0.25) is 14.5 Å². The molecule has 1 fully saturated rings. The number of unbranched alkanes of at least 4 members (excludes halogenated alkanes) is 1. The van der Waals surface area contributed by atoms with E-state index in [-0.39, 0.29) is 12.3 Å². The molecule has 1 amide bonds. The number of nitrogens with zero attached hydrogens (tertiary/aromatic N) is 2. The van der Waals surface area contributed by atoms with Crippen molar-refractivity contribution in [3.05, 3.63) is 29.8 Å². The Kier molecular flexibility index (Phi) is 7.91. The number of carbonyl (C=O) groups is 2. The van der Waals surface area contributed by atoms with Crippen LogP contribution in [0.3, 0.4) is 0 Å². The van der Waals surface area contributed by atoms with Gasteiger partial charge in [-0.1, -0.05) is 19.1 Å². The standard InChI is InChI=1S/C20H30N2O4/c1-3-17-7-9-18(10-8-17)26-16(2)20(25)22-14-12-21(13-15-22)11-5-4-6-19(23)24/h7-10,16H,3-6,11-15H2,1-2H3,(H,23,24). The average molecular weight is 362 g/mol. The van der Waals surface area contributed by atoms with Crippen molar-refractivity contribution in [3.8, 4) is 5.75 Å². The monoisotopic (exact) mass is 362 g/mol. The fraction of sp³-hybridized carbons (Fsp3) is 0.600. The molecule has 0 aliphatic carbocycles. The summed E-state index contributed by atoms with van der Waals surface area (Å²) in [5.74, 6) is 0.00829. The summed E-state index contributed by atoms with van der Waals surface area (Å²) >= 11 is 0. The average Bonchev–Trinajstić information content (AvgIpc) is 2.65. The summed E-state index contributed by atoms with van der Waals surface area (Å²) in [5.41, 5.74) is 1.25. The first-order chi connectivity index (χ1) is 12.5. The van der Waals surface area contributed by atoms with E-state index in [2.05, 4.69) is 11.8 Å². The lowest BCUT2D eigenvalue weighted by molar-refractivity contribution is -0.140. The molecule has 6 heteroatoms. The van der Waals surface area contributed by atoms with E-state index in [1.165, 1.54) is 5.56 Å². The van der Waals surface area contributed by atoms with Crippen LogP contribution in [0.15, 0.2) is 24.3 Å². The molecule has 1 N–H and O–H groups in total. The smallest absolute Gasteiger partial charge is 0.303 e. The van der Waals surface area contributed by atoms with Crippen LogP contribution in [0.2, 0.25) is 0 Å². The summed E-state index contributed by atoms with van der Waals surface area (Å²) in [6, 6.07) is 7.88. The molecule has 0 aromatic heterocycles. The van der Waals surface area contributed by atoms with Crippen LogP contribution in [0.1, 0.15) is 38.7 Å². The fourth-order valence-electron chi connectivity index (χ4n) is 3.12. The Morgan fingerprint density at radius 3 is 2.35 bits per heavy atom. The molecule has 1 atom stereocenters. The molecule has 1 aromatic rings. The highest BCUT2D eigenvalue weighted by atomic mass is 16.5. The topological polar surface area (TPSA) is 70.1 Å². The maximum absolute atomic E-state index is 12.6. The summed E-state index contributed by atoms with van der Waals surface area (Å²) in [5, 5.41) is 8.66. The Hall–Kier alpha value is -2.08. The van der Waals surface area contributed by atoms with E-state index in [0.717, 1.165) is 38.2 Å². The van der Waals surface area contributed by atoms with Crippen molar-refractivity contribution in [1.29, 1.82) is 0 Å². The highest BCUT2D eigenvalue weighted by Gasteiger charge is 2.25. The van der Waals surface area contributed by atoms with Crippen LogP contribution >= 0.6 is 0 Å². The van der Waals surface area contributed by atoms with Crippen molar-refractivity contribution < 1.29 is 19.4 Å². The molecular weight excluding hydrogens is 332 g/mol. The van der Waals surface area contributed by atoms with E-state index in [1.54, 1.807) is 6.92 Å². The number of hydrogen-bond acceptors (Lipinski definition) is 4. The van der Waals surface area contributed by atoms with E-state index >= 15 is 0 Å². The summed E-state index contributed by atoms with van der Waals surface area (Å²) < 4.78 is 5.80. The predicted octanol–water partition coefficient (Wildman–Crippen LogP) is 2.42. The highest BCUT2D eigenvalue weighted by Crippen LogP contribution is 2.16. The maximum atomic E-state index is 12.6. The summed E-state index contributed by atoms with van der Waals surface area (Å²) in [4.78, 5) is 27.3. The molecule has 1 aliphatic rings. The van der Waals surface area contributed by atoms with Crippen molar-refractivity contribution in [2.45, 2.75) is 45.6 Å². The van der Waals surface area contributed by atoms with Gasteiger partial charge in [-0.05, 0) is 50.4 Å². The van der Waals surface area contributed by atoms with Gasteiger partial charge in [0.2, 0.25) is 0 Å². The lowest BCUT2D eigenvalue weighted by Crippen LogP contribution is -2.52. The highest BCUT2D eigenvalue weighted by molar-refractivity contribution is 5.81. The second-order valence-corrected chi connectivity index (χ2v) is 6.78. The molecule has 0 saturated carbocycles. The number of carboxylic acids is 1. The van der Waals surface area contributed by atoms with Gasteiger partial charge in [-0.15, -0.1) is 0 Å². The Bertz CT molecular complexity index is 580. The van der Waals surface area contributed by atoms with E-state index in [4.69, 9.17) is 9.84 Å². The quantitative estimate of drug-likeness (QED) is 0.683. The molecule has 6 nitrogen and oxygen atoms in total. The Labute approximate surface area is 155 Å². The molecule has 2 rings (SSSR count). The van der Waals surface area contributed by atoms with Gasteiger partial charge >= 0.3 is 5.97 Å². The third-order valence-electron chi connectivity index (χ3n) is 4.79. The molecule has 1 aromatic carbocycles. The number of piperazine rings is 1. The molecule has 1 saturated heterocycles. The predicted molar refractivity (Wildman–Crippen MR) is 100 cm³/mol. The number of amides is 1. The number of carboxylic acid groups (broad SMARTS) is 1. The zero-order chi connectivity index (χ0) is 18.9. The van der Waals surface area contributed by atoms with Gasteiger partial charge in [0.1, 0.15) is 5.75 Å². The number of carbonyl (C=O) groups excluding carboxylic acids is 1. The lowest BCUT2D eigenvalue weighted by Gasteiger charge is -2.35. The van der Waals surface area contributed by atoms with Gasteiger partial charge in [-0.25, -0.2) is 0 Å². The Morgan fingerprint density at radius 2 is 1.77 bits per heavy atom. The molecule has 26 heavy (non-hydrogen) atoms. The van der Waals surface area contributed by atoms with Gasteiger partial charge < -0.3 is 14.7 Å². The summed E-state index contributed by atoms with van der Waals surface area (Å²) in [7, 11) is 0. The number of aliphatic carboxylic acids is 1. The zero-order valence-corrected chi connectivity index (χ0v) is 15.8. The van der Waals surface area contributed by atoms with Crippen molar-refractivity contribution in [3.63, 3.8) is 0 Å². The molecule has 1 aliphatic heterocycles. The largest absolute Gasteiger partial charge is 0.481 e. The molecule has 144 valence electrons. The summed E-state index contributed by atoms with van der Waals surface area (Å²) in [6.45, 7) is 7.85. The second kappa shape index (κ2) is 10.2. The van der Waals surface area contributed by atoms with Crippen LogP contribution in [0.4, 0.5) is 0 Å². The lowest BCUT2D eigenvalue weighted by atomic mass is 10.2. The van der Waals surface area contributed by atoms with Gasteiger partial charge in [0.25, 0.3) is 5.91 Å². The SMILES string of the molecule is CCc1ccc(OC(C)C(=O)N2CCN(CCCCC(=O)O)CC2)cc1. The first-order valence-corrected chi connectivity index (χ1v) is 9.48. The molecule has 0 radical (unpaired) electrons. The van der Waals surface area contributed by atoms with E-state index in [1.807, 2.05) is 29.2 Å². The van der Waals surface area contributed by atoms with Gasteiger partial charge in [0.05, 0.1) is 0 Å². The van der Waals surface area contributed by atoms with Crippen LogP contribution in [0.5, 0.6) is 5.75 Å². The zero-order valence-electron chi connectivity index (χ0n) is 15.8. The number of benzene rings is 1. The van der Waals surface area contributed by atoms with Crippen LogP contribution in [0, 0.1) is 0 Å². The van der Waals surface area contributed by atoms with Crippen LogP contribution in [0.25, 0.3) is 0 Å². The molecular formula is C20H30N2O4. The number of rotatable bonds is 9. The molecule has 0 bridgehead atoms. The van der Waals surface area contributed by atoms with Gasteiger partial charge in [-0.2, -0.15) is 0 Å². The van der Waals surface area contributed by atoms with Crippen molar-refractivity contribution in [1.82, 2.24) is 9.80 Å². The van der Waals surface area contributed by atoms with Crippen molar-refractivity contribution in [2.75, 3.05) is 32.7 Å². The normalized spacial score (nSPS) is 16.3. The first-order valence-electron chi connectivity index (χ1n) is 9.48. The molecule has 1 unspecified atom stereocenters. The maximum Gasteiger partial charge on any atom is 0.303 e. The van der Waals surface area contributed by atoms with E-state index < -0.39 is 12.1 Å². The molecule has 1 heterocycles. The minimum atomic E-state index is -0.737. The van der Waals surface area contributed by atoms with E-state index in [9.17, 15) is 9.59 Å². The van der Waals surface area contributed by atoms with Crippen molar-refractivity contribution in [2.24, 2.45) is 0 Å². The Balaban J connectivity index is 1.71. The number of aryl methyl sites for hydroxylation is 1. The van der Waals surface area contributed by atoms with Gasteiger partial charge in [0, 0.05) is 32.6 Å². The second-order valence-electron chi connectivity index (χ2n) is 6.78. The van der Waals surface area contributed by atoms with Crippen LogP contribution in [-0.2, 0) is 16.0 Å². The third kappa shape index (κ3) is 6.33. The fourth-order valence-corrected chi connectivity index (χ4v) is 3.12. The number of ether oxygens (including phenoxy) is 1. The van der Waals surface area contributed by atoms with Crippen molar-refractivity contribution >= 4 is 11.9 Å². The third-order valence-corrected chi connectivity index (χ3v) is 4.79. The van der Waals surface area contributed by atoms with Crippen LogP contribution < -0.4 is 4.74 Å². The van der Waals surface area contributed by atoms with Gasteiger partial charge in [0.15, 0.2) is 6.10 Å². The van der Waals surface area contributed by atoms with E-state index in [0.29, 0.717) is 19.5 Å². The first kappa shape index (κ1) is 20.2. The molecule has 0 spiro atoms.